The topological polar surface area (TPSA) is 89.0 Å². The largest absolute Gasteiger partial charge is 0.490 e. The summed E-state index contributed by atoms with van der Waals surface area (Å²) in [5.74, 6) is 1.53. The molecule has 8 heteroatoms. The van der Waals surface area contributed by atoms with Crippen LogP contribution >= 0.6 is 15.9 Å². The molecule has 0 fully saturated rings. The number of hydrogen-bond donors (Lipinski definition) is 2. The maximum Gasteiger partial charge on any atom is 0.252 e. The molecule has 2 amide bonds. The highest BCUT2D eigenvalue weighted by atomic mass is 79.9. The standard InChI is InChI=1S/C22H22BrN3O4/c1-4-12-30-19-11-10-16(13-20(19)29-5-2)14-24-26-22(28)15(3)21(27)25-18-9-7-6-8-17(18)23/h1,6-11,13-15H,5,12H2,2-3H3,(H,25,27)(H,26,28). The molecule has 2 aromatic carbocycles. The Morgan fingerprint density at radius 3 is 2.67 bits per heavy atom. The monoisotopic (exact) mass is 471 g/mol. The predicted molar refractivity (Wildman–Crippen MR) is 120 cm³/mol. The van der Waals surface area contributed by atoms with E-state index in [1.165, 1.54) is 13.1 Å². The van der Waals surface area contributed by atoms with Crippen molar-refractivity contribution in [3.05, 3.63) is 52.5 Å². The van der Waals surface area contributed by atoms with Gasteiger partial charge in [0, 0.05) is 4.47 Å². The molecule has 0 aromatic heterocycles. The highest BCUT2D eigenvalue weighted by Gasteiger charge is 2.21. The van der Waals surface area contributed by atoms with Crippen LogP contribution in [0.15, 0.2) is 52.0 Å². The lowest BCUT2D eigenvalue weighted by molar-refractivity contribution is -0.131. The van der Waals surface area contributed by atoms with E-state index in [4.69, 9.17) is 15.9 Å². The Balaban J connectivity index is 1.97. The molecule has 156 valence electrons. The first-order valence-electron chi connectivity index (χ1n) is 9.17. The minimum Gasteiger partial charge on any atom is -0.490 e. The molecule has 0 aliphatic heterocycles. The van der Waals surface area contributed by atoms with E-state index in [-0.39, 0.29) is 6.61 Å². The van der Waals surface area contributed by atoms with Gasteiger partial charge in [0.05, 0.1) is 18.5 Å². The molecule has 1 unspecified atom stereocenters. The summed E-state index contributed by atoms with van der Waals surface area (Å²) >= 11 is 3.35. The van der Waals surface area contributed by atoms with Crippen LogP contribution in [0.2, 0.25) is 0 Å². The second kappa shape index (κ2) is 11.6. The van der Waals surface area contributed by atoms with Gasteiger partial charge in [-0.2, -0.15) is 5.10 Å². The summed E-state index contributed by atoms with van der Waals surface area (Å²) in [4.78, 5) is 24.5. The first kappa shape index (κ1) is 23.0. The quantitative estimate of drug-likeness (QED) is 0.253. The molecule has 2 aromatic rings. The van der Waals surface area contributed by atoms with Crippen molar-refractivity contribution in [1.29, 1.82) is 0 Å². The summed E-state index contributed by atoms with van der Waals surface area (Å²) in [7, 11) is 0. The van der Waals surface area contributed by atoms with E-state index in [0.29, 0.717) is 29.4 Å². The van der Waals surface area contributed by atoms with Gasteiger partial charge < -0.3 is 14.8 Å². The third-order valence-corrected chi connectivity index (χ3v) is 4.58. The van der Waals surface area contributed by atoms with Gasteiger partial charge in [0.15, 0.2) is 11.5 Å². The zero-order valence-corrected chi connectivity index (χ0v) is 18.2. The minimum atomic E-state index is -0.937. The second-order valence-electron chi connectivity index (χ2n) is 6.06. The number of nitrogens with one attached hydrogen (secondary N) is 2. The number of amides is 2. The molecule has 0 aliphatic carbocycles. The molecule has 0 saturated heterocycles. The Morgan fingerprint density at radius 2 is 1.97 bits per heavy atom. The summed E-state index contributed by atoms with van der Waals surface area (Å²) in [5.41, 5.74) is 3.63. The lowest BCUT2D eigenvalue weighted by atomic mass is 10.1. The third kappa shape index (κ3) is 6.64. The number of nitrogens with zero attached hydrogens (tertiary/aromatic N) is 1. The number of carbonyl (C=O) groups excluding carboxylic acids is 2. The van der Waals surface area contributed by atoms with Crippen LogP contribution in [-0.2, 0) is 9.59 Å². The molecule has 2 rings (SSSR count). The molecule has 0 aliphatic rings. The Bertz CT molecular complexity index is 969. The fourth-order valence-electron chi connectivity index (χ4n) is 2.30. The lowest BCUT2D eigenvalue weighted by Gasteiger charge is -2.12. The van der Waals surface area contributed by atoms with Crippen LogP contribution in [0.25, 0.3) is 0 Å². The van der Waals surface area contributed by atoms with Crippen molar-refractivity contribution in [3.63, 3.8) is 0 Å². The van der Waals surface area contributed by atoms with Crippen molar-refractivity contribution in [2.45, 2.75) is 13.8 Å². The van der Waals surface area contributed by atoms with Gasteiger partial charge in [-0.05, 0) is 65.7 Å². The molecule has 0 radical (unpaired) electrons. The van der Waals surface area contributed by atoms with Gasteiger partial charge in [0.1, 0.15) is 12.5 Å². The van der Waals surface area contributed by atoms with Crippen molar-refractivity contribution in [2.75, 3.05) is 18.5 Å². The Hall–Kier alpha value is -3.31. The highest BCUT2D eigenvalue weighted by molar-refractivity contribution is 9.10. The van der Waals surface area contributed by atoms with E-state index in [9.17, 15) is 9.59 Å². The number of anilines is 1. The predicted octanol–water partition coefficient (Wildman–Crippen LogP) is 3.58. The third-order valence-electron chi connectivity index (χ3n) is 3.89. The van der Waals surface area contributed by atoms with Crippen molar-refractivity contribution in [3.8, 4) is 23.8 Å². The molecule has 7 nitrogen and oxygen atoms in total. The van der Waals surface area contributed by atoms with E-state index >= 15 is 0 Å². The zero-order chi connectivity index (χ0) is 21.9. The number of halogens is 1. The Kier molecular flexibility index (Phi) is 8.91. The second-order valence-corrected chi connectivity index (χ2v) is 6.91. The van der Waals surface area contributed by atoms with E-state index in [0.717, 1.165) is 4.47 Å². The molecule has 0 heterocycles. The Morgan fingerprint density at radius 1 is 1.20 bits per heavy atom. The fourth-order valence-corrected chi connectivity index (χ4v) is 2.69. The van der Waals surface area contributed by atoms with Crippen LogP contribution < -0.4 is 20.2 Å². The number of para-hydroxylation sites is 1. The van der Waals surface area contributed by atoms with Crippen LogP contribution in [0.4, 0.5) is 5.69 Å². The van der Waals surface area contributed by atoms with Crippen LogP contribution in [0.3, 0.4) is 0 Å². The Labute approximate surface area is 184 Å². The molecular formula is C22H22BrN3O4. The highest BCUT2D eigenvalue weighted by Crippen LogP contribution is 2.28. The summed E-state index contributed by atoms with van der Waals surface area (Å²) in [5, 5.41) is 6.62. The maximum atomic E-state index is 12.3. The number of carbonyl (C=O) groups is 2. The van der Waals surface area contributed by atoms with Crippen LogP contribution in [0.1, 0.15) is 19.4 Å². The first-order valence-corrected chi connectivity index (χ1v) is 9.97. The number of hydrogen-bond acceptors (Lipinski definition) is 5. The van der Waals surface area contributed by atoms with Crippen molar-refractivity contribution in [2.24, 2.45) is 11.0 Å². The number of hydrazone groups is 1. The van der Waals surface area contributed by atoms with Crippen LogP contribution in [0.5, 0.6) is 11.5 Å². The van der Waals surface area contributed by atoms with Crippen molar-refractivity contribution in [1.82, 2.24) is 5.43 Å². The van der Waals surface area contributed by atoms with E-state index < -0.39 is 17.7 Å². The van der Waals surface area contributed by atoms with Gasteiger partial charge in [0.25, 0.3) is 5.91 Å². The molecular weight excluding hydrogens is 450 g/mol. The minimum absolute atomic E-state index is 0.128. The summed E-state index contributed by atoms with van der Waals surface area (Å²) in [6.45, 7) is 3.94. The van der Waals surface area contributed by atoms with Crippen LogP contribution in [-0.4, -0.2) is 31.2 Å². The maximum absolute atomic E-state index is 12.3. The number of terminal acetylenes is 1. The van der Waals surface area contributed by atoms with E-state index in [1.807, 2.05) is 13.0 Å². The molecule has 30 heavy (non-hydrogen) atoms. The van der Waals surface area contributed by atoms with Gasteiger partial charge in [0.2, 0.25) is 5.91 Å². The van der Waals surface area contributed by atoms with E-state index in [1.54, 1.807) is 36.4 Å². The number of ether oxygens (including phenoxy) is 2. The van der Waals surface area contributed by atoms with Gasteiger partial charge in [-0.3, -0.25) is 9.59 Å². The zero-order valence-electron chi connectivity index (χ0n) is 16.6. The van der Waals surface area contributed by atoms with E-state index in [2.05, 4.69) is 37.7 Å². The lowest BCUT2D eigenvalue weighted by Crippen LogP contribution is -2.34. The first-order chi connectivity index (χ1) is 14.5. The normalized spacial score (nSPS) is 11.4. The fraction of sp³-hybridized carbons (Fsp3) is 0.227. The van der Waals surface area contributed by atoms with Gasteiger partial charge in [-0.15, -0.1) is 6.42 Å². The van der Waals surface area contributed by atoms with Crippen molar-refractivity contribution < 1.29 is 19.1 Å². The van der Waals surface area contributed by atoms with Gasteiger partial charge >= 0.3 is 0 Å². The number of benzene rings is 2. The SMILES string of the molecule is C#CCOc1ccc(C=NNC(=O)C(C)C(=O)Nc2ccccc2Br)cc1OCC. The summed E-state index contributed by atoms with van der Waals surface area (Å²) in [6, 6.07) is 12.3. The average molecular weight is 472 g/mol. The molecule has 0 bridgehead atoms. The summed E-state index contributed by atoms with van der Waals surface area (Å²) in [6.07, 6.45) is 6.66. The molecule has 2 N–H and O–H groups in total. The average Bonchev–Trinajstić information content (AvgIpc) is 2.74. The van der Waals surface area contributed by atoms with Gasteiger partial charge in [-0.25, -0.2) is 5.43 Å². The molecule has 0 spiro atoms. The van der Waals surface area contributed by atoms with Crippen LogP contribution in [0, 0.1) is 18.3 Å². The smallest absolute Gasteiger partial charge is 0.252 e. The molecule has 1 atom stereocenters. The number of rotatable bonds is 9. The van der Waals surface area contributed by atoms with Crippen molar-refractivity contribution >= 4 is 39.6 Å². The molecule has 0 saturated carbocycles. The summed E-state index contributed by atoms with van der Waals surface area (Å²) < 4.78 is 11.7. The van der Waals surface area contributed by atoms with Gasteiger partial charge in [-0.1, -0.05) is 18.1 Å².